The fraction of sp³-hybridized carbons (Fsp3) is 0.929. The van der Waals surface area contributed by atoms with Crippen LogP contribution in [0.1, 0.15) is 45.4 Å². The van der Waals surface area contributed by atoms with E-state index in [9.17, 15) is 4.79 Å². The first kappa shape index (κ1) is 12.9. The van der Waals surface area contributed by atoms with Crippen molar-refractivity contribution in [3.05, 3.63) is 0 Å². The Morgan fingerprint density at radius 1 is 1.06 bits per heavy atom. The van der Waals surface area contributed by atoms with Gasteiger partial charge in [0.25, 0.3) is 0 Å². The fourth-order valence-electron chi connectivity index (χ4n) is 2.85. The molecule has 17 heavy (non-hydrogen) atoms. The number of hydrogen-bond acceptors (Lipinski definition) is 2. The molecule has 0 unspecified atom stereocenters. The number of hydrogen-bond donors (Lipinski definition) is 0. The molecule has 0 spiro atoms. The van der Waals surface area contributed by atoms with E-state index in [-0.39, 0.29) is 0 Å². The highest BCUT2D eigenvalue weighted by Crippen LogP contribution is 2.17. The Hall–Kier alpha value is -0.570. The van der Waals surface area contributed by atoms with E-state index in [1.807, 2.05) is 0 Å². The molecule has 0 aromatic heterocycles. The van der Waals surface area contributed by atoms with E-state index < -0.39 is 0 Å². The summed E-state index contributed by atoms with van der Waals surface area (Å²) in [6, 6.07) is 0. The molecule has 98 valence electrons. The average Bonchev–Trinajstić information content (AvgIpc) is 2.38. The smallest absolute Gasteiger partial charge is 0.223 e. The van der Waals surface area contributed by atoms with Gasteiger partial charge in [0.15, 0.2) is 0 Å². The largest absolute Gasteiger partial charge is 0.343 e. The molecule has 0 atom stereocenters. The molecule has 0 N–H and O–H groups in total. The van der Waals surface area contributed by atoms with Crippen molar-refractivity contribution in [3.8, 4) is 0 Å². The van der Waals surface area contributed by atoms with Crippen molar-refractivity contribution in [2.45, 2.75) is 45.4 Å². The summed E-state index contributed by atoms with van der Waals surface area (Å²) in [5.41, 5.74) is 0. The third-order valence-electron chi connectivity index (χ3n) is 4.23. The van der Waals surface area contributed by atoms with Gasteiger partial charge in [-0.3, -0.25) is 4.79 Å². The quantitative estimate of drug-likeness (QED) is 0.752. The molecule has 0 saturated carbocycles. The first-order chi connectivity index (χ1) is 8.25. The molecule has 2 fully saturated rings. The van der Waals surface area contributed by atoms with Crippen LogP contribution in [0, 0.1) is 5.92 Å². The van der Waals surface area contributed by atoms with Gasteiger partial charge in [-0.2, -0.15) is 0 Å². The molecule has 3 nitrogen and oxygen atoms in total. The van der Waals surface area contributed by atoms with Crippen molar-refractivity contribution >= 4 is 5.91 Å². The molecule has 0 aliphatic carbocycles. The molecule has 2 saturated heterocycles. The van der Waals surface area contributed by atoms with Crippen molar-refractivity contribution in [3.63, 3.8) is 0 Å². The predicted molar refractivity (Wildman–Crippen MR) is 69.9 cm³/mol. The van der Waals surface area contributed by atoms with Gasteiger partial charge in [-0.05, 0) is 44.7 Å². The van der Waals surface area contributed by atoms with Crippen molar-refractivity contribution in [2.75, 3.05) is 32.7 Å². The Balaban J connectivity index is 1.66. The number of likely N-dealkylation sites (tertiary alicyclic amines) is 2. The van der Waals surface area contributed by atoms with Crippen LogP contribution in [-0.2, 0) is 4.79 Å². The molecule has 0 aromatic carbocycles. The molecule has 3 heteroatoms. The van der Waals surface area contributed by atoms with E-state index in [2.05, 4.69) is 16.7 Å². The third kappa shape index (κ3) is 3.98. The van der Waals surface area contributed by atoms with E-state index in [0.29, 0.717) is 5.91 Å². The lowest BCUT2D eigenvalue weighted by atomic mass is 9.99. The summed E-state index contributed by atoms with van der Waals surface area (Å²) in [6.45, 7) is 7.63. The maximum absolute atomic E-state index is 12.0. The van der Waals surface area contributed by atoms with Gasteiger partial charge in [0.2, 0.25) is 5.91 Å². The SMILES string of the molecule is CC1CCN(C(=O)CCN2CCCCC2)CC1. The Morgan fingerprint density at radius 3 is 2.35 bits per heavy atom. The number of carbonyl (C=O) groups excluding carboxylic acids is 1. The lowest BCUT2D eigenvalue weighted by Crippen LogP contribution is -2.40. The number of piperidine rings is 2. The summed E-state index contributed by atoms with van der Waals surface area (Å²) in [6.07, 6.45) is 7.11. The molecule has 2 heterocycles. The molecule has 1 amide bonds. The van der Waals surface area contributed by atoms with E-state index >= 15 is 0 Å². The van der Waals surface area contributed by atoms with Gasteiger partial charge in [-0.15, -0.1) is 0 Å². The van der Waals surface area contributed by atoms with Gasteiger partial charge >= 0.3 is 0 Å². The second-order valence-corrected chi connectivity index (χ2v) is 5.72. The summed E-state index contributed by atoms with van der Waals surface area (Å²) < 4.78 is 0. The Kier molecular flexibility index (Phi) is 4.84. The molecule has 0 radical (unpaired) electrons. The normalized spacial score (nSPS) is 23.9. The van der Waals surface area contributed by atoms with E-state index in [1.54, 1.807) is 0 Å². The zero-order valence-electron chi connectivity index (χ0n) is 11.2. The molecule has 0 aromatic rings. The van der Waals surface area contributed by atoms with Crippen LogP contribution in [0.5, 0.6) is 0 Å². The summed E-state index contributed by atoms with van der Waals surface area (Å²) in [5, 5.41) is 0. The minimum atomic E-state index is 0.377. The summed E-state index contributed by atoms with van der Waals surface area (Å²) in [4.78, 5) is 16.6. The number of carbonyl (C=O) groups is 1. The fourth-order valence-corrected chi connectivity index (χ4v) is 2.85. The van der Waals surface area contributed by atoms with Crippen LogP contribution in [0.15, 0.2) is 0 Å². The standard InChI is InChI=1S/C14H26N2O/c1-13-5-11-16(12-6-13)14(17)7-10-15-8-3-2-4-9-15/h13H,2-12H2,1H3. The minimum Gasteiger partial charge on any atom is -0.343 e. The van der Waals surface area contributed by atoms with Gasteiger partial charge in [0, 0.05) is 26.1 Å². The van der Waals surface area contributed by atoms with Crippen molar-refractivity contribution < 1.29 is 4.79 Å². The molecule has 2 aliphatic heterocycles. The van der Waals surface area contributed by atoms with Crippen LogP contribution in [0.4, 0.5) is 0 Å². The average molecular weight is 238 g/mol. The van der Waals surface area contributed by atoms with Crippen LogP contribution in [0.3, 0.4) is 0 Å². The van der Waals surface area contributed by atoms with Crippen molar-refractivity contribution in [1.29, 1.82) is 0 Å². The maximum Gasteiger partial charge on any atom is 0.223 e. The monoisotopic (exact) mass is 238 g/mol. The third-order valence-corrected chi connectivity index (χ3v) is 4.23. The van der Waals surface area contributed by atoms with Crippen LogP contribution in [-0.4, -0.2) is 48.4 Å². The lowest BCUT2D eigenvalue weighted by Gasteiger charge is -2.32. The van der Waals surface area contributed by atoms with Crippen LogP contribution < -0.4 is 0 Å². The van der Waals surface area contributed by atoms with Crippen LogP contribution in [0.25, 0.3) is 0 Å². The number of rotatable bonds is 3. The van der Waals surface area contributed by atoms with Gasteiger partial charge in [-0.1, -0.05) is 13.3 Å². The number of nitrogens with zero attached hydrogens (tertiary/aromatic N) is 2. The van der Waals surface area contributed by atoms with Gasteiger partial charge < -0.3 is 9.80 Å². The second kappa shape index (κ2) is 6.39. The zero-order chi connectivity index (χ0) is 12.1. The topological polar surface area (TPSA) is 23.6 Å². The van der Waals surface area contributed by atoms with Crippen LogP contribution in [0.2, 0.25) is 0 Å². The first-order valence-electron chi connectivity index (χ1n) is 7.26. The van der Waals surface area contributed by atoms with E-state index in [4.69, 9.17) is 0 Å². The zero-order valence-corrected chi connectivity index (χ0v) is 11.2. The van der Waals surface area contributed by atoms with Crippen LogP contribution >= 0.6 is 0 Å². The molecule has 2 rings (SSSR count). The minimum absolute atomic E-state index is 0.377. The first-order valence-corrected chi connectivity index (χ1v) is 7.26. The Bertz CT molecular complexity index is 241. The predicted octanol–water partition coefficient (Wildman–Crippen LogP) is 2.12. The molecule has 0 bridgehead atoms. The number of amides is 1. The van der Waals surface area contributed by atoms with Gasteiger partial charge in [0.05, 0.1) is 0 Å². The molecule has 2 aliphatic rings. The Morgan fingerprint density at radius 2 is 1.71 bits per heavy atom. The highest BCUT2D eigenvalue weighted by atomic mass is 16.2. The van der Waals surface area contributed by atoms with Crippen molar-refractivity contribution in [1.82, 2.24) is 9.80 Å². The summed E-state index contributed by atoms with van der Waals surface area (Å²) >= 11 is 0. The van der Waals surface area contributed by atoms with E-state index in [1.165, 1.54) is 45.2 Å². The highest BCUT2D eigenvalue weighted by Gasteiger charge is 2.20. The Labute approximate surface area is 105 Å². The lowest BCUT2D eigenvalue weighted by molar-refractivity contribution is -0.132. The van der Waals surface area contributed by atoms with Gasteiger partial charge in [0.1, 0.15) is 0 Å². The van der Waals surface area contributed by atoms with E-state index in [0.717, 1.165) is 32.0 Å². The molecular formula is C14H26N2O. The highest BCUT2D eigenvalue weighted by molar-refractivity contribution is 5.76. The molecular weight excluding hydrogens is 212 g/mol. The summed E-state index contributed by atoms with van der Waals surface area (Å²) in [7, 11) is 0. The van der Waals surface area contributed by atoms with Crippen molar-refractivity contribution in [2.24, 2.45) is 5.92 Å². The second-order valence-electron chi connectivity index (χ2n) is 5.72. The summed E-state index contributed by atoms with van der Waals surface area (Å²) in [5.74, 6) is 1.18. The van der Waals surface area contributed by atoms with Gasteiger partial charge in [-0.25, -0.2) is 0 Å². The maximum atomic E-state index is 12.0.